The summed E-state index contributed by atoms with van der Waals surface area (Å²) in [6, 6.07) is 11.3. The van der Waals surface area contributed by atoms with Gasteiger partial charge in [-0.3, -0.25) is 4.79 Å². The number of aliphatic hydroxyl groups is 1. The molecule has 0 aromatic heterocycles. The van der Waals surface area contributed by atoms with Gasteiger partial charge in [-0.25, -0.2) is 4.79 Å². The number of benzene rings is 2. The maximum absolute atomic E-state index is 14.3. The SMILES string of the molecule is COc1ccc(NC(=O)Nc2ccc3c(c2)C(=O)N([C@@H](C)CO)C[C@H](C)[C@@H](CN(C)CC2CC2)OCCCC[C@H](C)O3)cc1. The van der Waals surface area contributed by atoms with Gasteiger partial charge in [0.05, 0.1) is 37.5 Å². The molecule has 4 atom stereocenters. The van der Waals surface area contributed by atoms with Crippen molar-refractivity contribution in [3.63, 3.8) is 0 Å². The molecule has 3 N–H and O–H groups in total. The van der Waals surface area contributed by atoms with E-state index >= 15 is 0 Å². The van der Waals surface area contributed by atoms with Crippen LogP contribution in [0.15, 0.2) is 42.5 Å². The summed E-state index contributed by atoms with van der Waals surface area (Å²) in [5, 5.41) is 15.8. The molecule has 1 heterocycles. The fourth-order valence-electron chi connectivity index (χ4n) is 5.55. The van der Waals surface area contributed by atoms with E-state index in [1.165, 1.54) is 12.8 Å². The summed E-state index contributed by atoms with van der Waals surface area (Å²) in [4.78, 5) is 31.2. The predicted octanol–water partition coefficient (Wildman–Crippen LogP) is 5.48. The van der Waals surface area contributed by atoms with E-state index in [1.807, 2.05) is 13.8 Å². The second-order valence-corrected chi connectivity index (χ2v) is 12.5. The molecule has 242 valence electrons. The summed E-state index contributed by atoms with van der Waals surface area (Å²) in [5.74, 6) is 1.69. The minimum absolute atomic E-state index is 0.0254. The van der Waals surface area contributed by atoms with Crippen molar-refractivity contribution < 1.29 is 28.9 Å². The highest BCUT2D eigenvalue weighted by Gasteiger charge is 2.31. The molecule has 1 aliphatic heterocycles. The second-order valence-electron chi connectivity index (χ2n) is 12.5. The molecule has 1 fully saturated rings. The molecule has 1 aliphatic carbocycles. The van der Waals surface area contributed by atoms with E-state index in [-0.39, 0.29) is 30.6 Å². The Balaban J connectivity index is 1.57. The predicted molar refractivity (Wildman–Crippen MR) is 173 cm³/mol. The van der Waals surface area contributed by atoms with Crippen molar-refractivity contribution in [1.82, 2.24) is 9.80 Å². The van der Waals surface area contributed by atoms with Crippen molar-refractivity contribution in [2.24, 2.45) is 11.8 Å². The molecule has 44 heavy (non-hydrogen) atoms. The smallest absolute Gasteiger partial charge is 0.323 e. The van der Waals surface area contributed by atoms with E-state index in [0.29, 0.717) is 41.6 Å². The van der Waals surface area contributed by atoms with Gasteiger partial charge < -0.3 is 39.8 Å². The first-order chi connectivity index (χ1) is 21.2. The van der Waals surface area contributed by atoms with Crippen LogP contribution in [0.25, 0.3) is 0 Å². The Kier molecular flexibility index (Phi) is 12.3. The number of ether oxygens (including phenoxy) is 3. The van der Waals surface area contributed by atoms with Crippen molar-refractivity contribution in [3.05, 3.63) is 48.0 Å². The van der Waals surface area contributed by atoms with Crippen LogP contribution in [0, 0.1) is 11.8 Å². The zero-order valence-electron chi connectivity index (χ0n) is 26.9. The first kappa shape index (κ1) is 33.6. The van der Waals surface area contributed by atoms with Crippen molar-refractivity contribution in [2.75, 3.05) is 57.6 Å². The van der Waals surface area contributed by atoms with Gasteiger partial charge in [-0.15, -0.1) is 0 Å². The number of nitrogens with one attached hydrogen (secondary N) is 2. The molecule has 10 nitrogen and oxygen atoms in total. The van der Waals surface area contributed by atoms with E-state index in [0.717, 1.165) is 38.3 Å². The number of hydrogen-bond acceptors (Lipinski definition) is 7. The molecule has 2 aromatic rings. The topological polar surface area (TPSA) is 113 Å². The van der Waals surface area contributed by atoms with Gasteiger partial charge in [-0.2, -0.15) is 0 Å². The van der Waals surface area contributed by atoms with Crippen molar-refractivity contribution in [1.29, 1.82) is 0 Å². The quantitative estimate of drug-likeness (QED) is 0.345. The third-order valence-electron chi connectivity index (χ3n) is 8.42. The van der Waals surface area contributed by atoms with Gasteiger partial charge in [-0.1, -0.05) is 6.92 Å². The minimum Gasteiger partial charge on any atom is -0.497 e. The van der Waals surface area contributed by atoms with Crippen LogP contribution < -0.4 is 20.1 Å². The van der Waals surface area contributed by atoms with Gasteiger partial charge in [0.2, 0.25) is 0 Å². The number of rotatable bonds is 9. The lowest BCUT2D eigenvalue weighted by molar-refractivity contribution is -0.0172. The van der Waals surface area contributed by atoms with Crippen LogP contribution in [-0.2, 0) is 4.74 Å². The third kappa shape index (κ3) is 9.84. The number of hydrogen-bond donors (Lipinski definition) is 3. The van der Waals surface area contributed by atoms with E-state index < -0.39 is 12.1 Å². The number of anilines is 2. The Hall–Kier alpha value is -3.34. The highest BCUT2D eigenvalue weighted by Crippen LogP contribution is 2.31. The highest BCUT2D eigenvalue weighted by atomic mass is 16.5. The number of methoxy groups -OCH3 is 1. The van der Waals surface area contributed by atoms with E-state index in [2.05, 4.69) is 29.5 Å². The number of carbonyl (C=O) groups excluding carboxylic acids is 2. The molecule has 2 aromatic carbocycles. The number of urea groups is 1. The summed E-state index contributed by atoms with van der Waals surface area (Å²) in [5.41, 5.74) is 1.39. The normalized spacial score (nSPS) is 22.4. The minimum atomic E-state index is -0.442. The molecule has 0 spiro atoms. The van der Waals surface area contributed by atoms with Crippen LogP contribution in [0.2, 0.25) is 0 Å². The number of fused-ring (bicyclic) bond motifs is 1. The van der Waals surface area contributed by atoms with Gasteiger partial charge in [0, 0.05) is 43.5 Å². The number of carbonyl (C=O) groups is 2. The molecule has 0 unspecified atom stereocenters. The molecule has 0 bridgehead atoms. The monoisotopic (exact) mass is 610 g/mol. The summed E-state index contributed by atoms with van der Waals surface area (Å²) in [6.45, 7) is 8.71. The molecule has 4 rings (SSSR count). The highest BCUT2D eigenvalue weighted by molar-refractivity contribution is 6.02. The Labute approximate surface area is 262 Å². The average Bonchev–Trinajstić information content (AvgIpc) is 3.82. The van der Waals surface area contributed by atoms with Crippen LogP contribution in [0.4, 0.5) is 16.2 Å². The number of aliphatic hydroxyl groups excluding tert-OH is 1. The van der Waals surface area contributed by atoms with Crippen molar-refractivity contribution in [3.8, 4) is 11.5 Å². The van der Waals surface area contributed by atoms with Gasteiger partial charge in [0.25, 0.3) is 5.91 Å². The summed E-state index contributed by atoms with van der Waals surface area (Å²) < 4.78 is 17.9. The summed E-state index contributed by atoms with van der Waals surface area (Å²) >= 11 is 0. The number of likely N-dealkylation sites (N-methyl/N-ethyl adjacent to an activating group) is 1. The van der Waals surface area contributed by atoms with Crippen LogP contribution >= 0.6 is 0 Å². The molecular formula is C34H50N4O6. The van der Waals surface area contributed by atoms with Crippen molar-refractivity contribution in [2.45, 2.75) is 71.1 Å². The van der Waals surface area contributed by atoms with Crippen LogP contribution in [0.1, 0.15) is 63.2 Å². The van der Waals surface area contributed by atoms with Gasteiger partial charge in [0.15, 0.2) is 0 Å². The van der Waals surface area contributed by atoms with Gasteiger partial charge >= 0.3 is 6.03 Å². The van der Waals surface area contributed by atoms with Crippen molar-refractivity contribution >= 4 is 23.3 Å². The van der Waals surface area contributed by atoms with Gasteiger partial charge in [-0.05, 0) is 101 Å². The summed E-state index contributed by atoms with van der Waals surface area (Å²) in [6.07, 6.45) is 5.11. The molecule has 10 heteroatoms. The Morgan fingerprint density at radius 2 is 1.77 bits per heavy atom. The van der Waals surface area contributed by atoms with Crippen LogP contribution in [-0.4, -0.2) is 92.1 Å². The maximum Gasteiger partial charge on any atom is 0.323 e. The third-order valence-corrected chi connectivity index (χ3v) is 8.42. The molecule has 3 amide bonds. The molecule has 0 saturated heterocycles. The van der Waals surface area contributed by atoms with E-state index in [1.54, 1.807) is 54.5 Å². The lowest BCUT2D eigenvalue weighted by Crippen LogP contribution is -2.47. The van der Waals surface area contributed by atoms with Gasteiger partial charge in [0.1, 0.15) is 11.5 Å². The zero-order valence-corrected chi connectivity index (χ0v) is 26.9. The fourth-order valence-corrected chi connectivity index (χ4v) is 5.55. The maximum atomic E-state index is 14.3. The Bertz CT molecular complexity index is 1220. The standard InChI is InChI=1S/C34H50N4O6/c1-23-19-38(24(2)22-39)33(40)30-18-28(36-34(41)35-27-11-14-29(42-5)15-12-27)13-16-31(30)44-25(3)8-6-7-17-43-32(23)21-37(4)20-26-9-10-26/h11-16,18,23-26,32,39H,6-10,17,19-22H2,1-5H3,(H2,35,36,41)/t23-,24-,25-,32+/m0/s1. The molecule has 1 saturated carbocycles. The van der Waals surface area contributed by atoms with E-state index in [9.17, 15) is 14.7 Å². The lowest BCUT2D eigenvalue weighted by Gasteiger charge is -2.36. The second kappa shape index (κ2) is 16.1. The molecule has 0 radical (unpaired) electrons. The molecule has 2 aliphatic rings. The summed E-state index contributed by atoms with van der Waals surface area (Å²) in [7, 11) is 3.73. The first-order valence-electron chi connectivity index (χ1n) is 15.9. The van der Waals surface area contributed by atoms with Crippen LogP contribution in [0.3, 0.4) is 0 Å². The Morgan fingerprint density at radius 3 is 2.45 bits per heavy atom. The van der Waals surface area contributed by atoms with Crippen LogP contribution in [0.5, 0.6) is 11.5 Å². The number of nitrogens with zero attached hydrogens (tertiary/aromatic N) is 2. The average molecular weight is 611 g/mol. The Morgan fingerprint density at radius 1 is 1.07 bits per heavy atom. The largest absolute Gasteiger partial charge is 0.497 e. The first-order valence-corrected chi connectivity index (χ1v) is 15.9. The lowest BCUT2D eigenvalue weighted by atomic mass is 10.0. The zero-order chi connectivity index (χ0) is 31.6. The van der Waals surface area contributed by atoms with E-state index in [4.69, 9.17) is 14.2 Å². The fraction of sp³-hybridized carbons (Fsp3) is 0.588. The number of amides is 3. The molecular weight excluding hydrogens is 560 g/mol.